The van der Waals surface area contributed by atoms with E-state index in [4.69, 9.17) is 30.7 Å². The normalized spacial score (nSPS) is 15.7. The van der Waals surface area contributed by atoms with Gasteiger partial charge in [-0.2, -0.15) is 0 Å². The minimum absolute atomic E-state index is 0.126. The molecule has 1 unspecified atom stereocenters. The lowest BCUT2D eigenvalue weighted by Gasteiger charge is -2.14. The summed E-state index contributed by atoms with van der Waals surface area (Å²) in [6, 6.07) is 13.1. The average molecular weight is 385 g/mol. The quantitative estimate of drug-likeness (QED) is 0.251. The molecule has 1 aliphatic rings. The van der Waals surface area contributed by atoms with Crippen LogP contribution in [0.25, 0.3) is 0 Å². The van der Waals surface area contributed by atoms with Crippen molar-refractivity contribution in [1.82, 2.24) is 11.0 Å². The lowest BCUT2D eigenvalue weighted by atomic mass is 10.1. The monoisotopic (exact) mass is 385 g/mol. The maximum atomic E-state index is 12.2. The van der Waals surface area contributed by atoms with Crippen LogP contribution < -0.4 is 20.6 Å². The molecule has 0 aromatic heterocycles. The van der Waals surface area contributed by atoms with E-state index in [1.165, 1.54) is 4.90 Å². The molecule has 10 heteroatoms. The van der Waals surface area contributed by atoms with Crippen molar-refractivity contribution in [2.45, 2.75) is 6.10 Å². The number of amidine groups is 2. The summed E-state index contributed by atoms with van der Waals surface area (Å²) in [6.07, 6.45) is -1.00. The van der Waals surface area contributed by atoms with E-state index in [0.717, 1.165) is 0 Å². The van der Waals surface area contributed by atoms with E-state index in [9.17, 15) is 4.79 Å². The summed E-state index contributed by atoms with van der Waals surface area (Å²) in [6.45, 7) is 0.421. The second kappa shape index (κ2) is 8.37. The van der Waals surface area contributed by atoms with E-state index in [0.29, 0.717) is 22.6 Å². The Morgan fingerprint density at radius 3 is 2.46 bits per heavy atom. The molecule has 1 aliphatic heterocycles. The molecule has 0 bridgehead atoms. The first kappa shape index (κ1) is 19.1. The van der Waals surface area contributed by atoms with Crippen LogP contribution in [0.5, 0.6) is 5.75 Å². The Hall–Kier alpha value is -3.63. The Morgan fingerprint density at radius 1 is 1.11 bits per heavy atom. The number of amides is 1. The number of nitrogens with zero attached hydrogens (tertiary/aromatic N) is 1. The molecule has 2 aromatic rings. The zero-order valence-corrected chi connectivity index (χ0v) is 14.7. The van der Waals surface area contributed by atoms with Crippen molar-refractivity contribution in [3.05, 3.63) is 59.7 Å². The van der Waals surface area contributed by atoms with Crippen molar-refractivity contribution in [2.24, 2.45) is 0 Å². The van der Waals surface area contributed by atoms with E-state index in [-0.39, 0.29) is 24.8 Å². The molecule has 0 saturated carbocycles. The van der Waals surface area contributed by atoms with Gasteiger partial charge in [-0.15, -0.1) is 0 Å². The van der Waals surface area contributed by atoms with E-state index in [2.05, 4.69) is 0 Å². The van der Waals surface area contributed by atoms with E-state index in [1.54, 1.807) is 59.5 Å². The molecule has 28 heavy (non-hydrogen) atoms. The summed E-state index contributed by atoms with van der Waals surface area (Å²) in [5, 5.41) is 32.7. The summed E-state index contributed by atoms with van der Waals surface area (Å²) >= 11 is 0. The maximum Gasteiger partial charge on any atom is 0.414 e. The zero-order chi connectivity index (χ0) is 20.1. The molecule has 1 heterocycles. The van der Waals surface area contributed by atoms with E-state index in [1.807, 2.05) is 0 Å². The van der Waals surface area contributed by atoms with Gasteiger partial charge in [0.2, 0.25) is 0 Å². The minimum Gasteiger partial charge on any atom is -0.490 e. The smallest absolute Gasteiger partial charge is 0.414 e. The number of hydroxylamine groups is 2. The molecular weight excluding hydrogens is 366 g/mol. The molecule has 3 rings (SSSR count). The van der Waals surface area contributed by atoms with Gasteiger partial charge in [0.15, 0.2) is 6.10 Å². The van der Waals surface area contributed by atoms with Crippen molar-refractivity contribution in [1.29, 1.82) is 10.8 Å². The van der Waals surface area contributed by atoms with Gasteiger partial charge in [0.25, 0.3) is 0 Å². The number of hydrogen-bond donors (Lipinski definition) is 6. The van der Waals surface area contributed by atoms with Crippen LogP contribution in [0.4, 0.5) is 10.5 Å². The van der Waals surface area contributed by atoms with Gasteiger partial charge in [0, 0.05) is 16.8 Å². The Kier molecular flexibility index (Phi) is 5.72. The van der Waals surface area contributed by atoms with Crippen molar-refractivity contribution in [3.8, 4) is 5.75 Å². The lowest BCUT2D eigenvalue weighted by Crippen LogP contribution is -2.27. The van der Waals surface area contributed by atoms with Crippen molar-refractivity contribution in [3.63, 3.8) is 0 Å². The molecule has 0 radical (unpaired) electrons. The highest BCUT2D eigenvalue weighted by molar-refractivity contribution is 5.98. The Bertz CT molecular complexity index is 886. The molecule has 0 aliphatic carbocycles. The third-order valence-corrected chi connectivity index (χ3v) is 4.12. The first-order valence-electron chi connectivity index (χ1n) is 8.31. The van der Waals surface area contributed by atoms with Gasteiger partial charge in [0.05, 0.1) is 6.54 Å². The summed E-state index contributed by atoms with van der Waals surface area (Å²) in [4.78, 5) is 13.6. The van der Waals surface area contributed by atoms with Gasteiger partial charge >= 0.3 is 6.09 Å². The molecule has 1 atom stereocenters. The Morgan fingerprint density at radius 2 is 1.79 bits per heavy atom. The molecule has 1 amide bonds. The van der Waals surface area contributed by atoms with Crippen molar-refractivity contribution >= 4 is 23.5 Å². The van der Waals surface area contributed by atoms with Crippen molar-refractivity contribution < 1.29 is 24.7 Å². The number of carbonyl (C=O) groups excluding carboxylic acids is 1. The topological polar surface area (TPSA) is 151 Å². The van der Waals surface area contributed by atoms with E-state index >= 15 is 0 Å². The number of nitrogens with one attached hydrogen (secondary N) is 4. The maximum absolute atomic E-state index is 12.2. The number of cyclic esters (lactones) is 1. The van der Waals surface area contributed by atoms with Gasteiger partial charge < -0.3 is 9.47 Å². The number of rotatable bonds is 6. The third kappa shape index (κ3) is 4.19. The SMILES string of the molecule is N=C(NO)c1ccc(OCC2CN(c3cccc(C(=N)NO)c3)C(=O)O2)cc1. The zero-order valence-electron chi connectivity index (χ0n) is 14.7. The van der Waals surface area contributed by atoms with Gasteiger partial charge in [-0.1, -0.05) is 12.1 Å². The molecular formula is C18H19N5O5. The number of benzene rings is 2. The number of ether oxygens (including phenoxy) is 2. The molecule has 0 spiro atoms. The van der Waals surface area contributed by atoms with Crippen molar-refractivity contribution in [2.75, 3.05) is 18.1 Å². The predicted octanol–water partition coefficient (Wildman–Crippen LogP) is 1.70. The second-order valence-electron chi connectivity index (χ2n) is 5.98. The first-order valence-corrected chi connectivity index (χ1v) is 8.31. The summed E-state index contributed by atoms with van der Waals surface area (Å²) in [5.41, 5.74) is 5.00. The molecule has 146 valence electrons. The summed E-state index contributed by atoms with van der Waals surface area (Å²) in [7, 11) is 0. The van der Waals surface area contributed by atoms with Crippen LogP contribution in [0.1, 0.15) is 11.1 Å². The highest BCUT2D eigenvalue weighted by Crippen LogP contribution is 2.23. The molecule has 1 saturated heterocycles. The number of anilines is 1. The fourth-order valence-corrected chi connectivity index (χ4v) is 2.68. The van der Waals surface area contributed by atoms with Gasteiger partial charge in [0.1, 0.15) is 24.0 Å². The second-order valence-corrected chi connectivity index (χ2v) is 5.98. The molecule has 1 fully saturated rings. The molecule has 2 aromatic carbocycles. The fraction of sp³-hybridized carbons (Fsp3) is 0.167. The highest BCUT2D eigenvalue weighted by atomic mass is 16.6. The first-order chi connectivity index (χ1) is 13.5. The number of carbonyl (C=O) groups is 1. The van der Waals surface area contributed by atoms with Gasteiger partial charge in [-0.05, 0) is 36.4 Å². The fourth-order valence-electron chi connectivity index (χ4n) is 2.68. The standard InChI is InChI=1S/C18H19N5O5/c19-16(21-25)11-4-6-14(7-5-11)27-10-15-9-23(18(24)28-15)13-3-1-2-12(8-13)17(20)22-26/h1-8,15,25-26H,9-10H2,(H2,19,21)(H2,20,22). The molecule has 6 N–H and O–H groups in total. The van der Waals surface area contributed by atoms with E-state index < -0.39 is 12.2 Å². The van der Waals surface area contributed by atoms with Crippen LogP contribution in [0.15, 0.2) is 48.5 Å². The summed E-state index contributed by atoms with van der Waals surface area (Å²) in [5.74, 6) is 0.231. The van der Waals surface area contributed by atoms with Crippen LogP contribution >= 0.6 is 0 Å². The summed E-state index contributed by atoms with van der Waals surface area (Å²) < 4.78 is 11.0. The minimum atomic E-state index is -0.521. The Labute approximate surface area is 160 Å². The van der Waals surface area contributed by atoms with Crippen LogP contribution in [0.3, 0.4) is 0 Å². The van der Waals surface area contributed by atoms with Gasteiger partial charge in [-0.3, -0.25) is 37.1 Å². The van der Waals surface area contributed by atoms with Gasteiger partial charge in [-0.25, -0.2) is 4.79 Å². The number of hydrogen-bond acceptors (Lipinski definition) is 7. The molecule has 10 nitrogen and oxygen atoms in total. The van der Waals surface area contributed by atoms with Crippen LogP contribution in [-0.2, 0) is 4.74 Å². The lowest BCUT2D eigenvalue weighted by molar-refractivity contribution is 0.105. The largest absolute Gasteiger partial charge is 0.490 e. The van der Waals surface area contributed by atoms with Crippen LogP contribution in [0.2, 0.25) is 0 Å². The van der Waals surface area contributed by atoms with Crippen LogP contribution in [-0.4, -0.2) is 47.4 Å². The Balaban J connectivity index is 1.60. The third-order valence-electron chi connectivity index (χ3n) is 4.12. The predicted molar refractivity (Wildman–Crippen MR) is 99.5 cm³/mol. The average Bonchev–Trinajstić information content (AvgIpc) is 3.12. The highest BCUT2D eigenvalue weighted by Gasteiger charge is 2.33. The van der Waals surface area contributed by atoms with Crippen LogP contribution in [0, 0.1) is 10.8 Å².